The highest BCUT2D eigenvalue weighted by Crippen LogP contribution is 2.26. The monoisotopic (exact) mass is 281 g/mol. The number of nitrogens with zero attached hydrogens (tertiary/aromatic N) is 4. The van der Waals surface area contributed by atoms with Crippen LogP contribution in [0.25, 0.3) is 11.4 Å². The maximum Gasteiger partial charge on any atom is 0.133 e. The lowest BCUT2D eigenvalue weighted by Crippen LogP contribution is -2.05. The highest BCUT2D eigenvalue weighted by Gasteiger charge is 2.15. The lowest BCUT2D eigenvalue weighted by atomic mass is 10.2. The van der Waals surface area contributed by atoms with Crippen LogP contribution >= 0.6 is 0 Å². The molecule has 0 spiro atoms. The highest BCUT2D eigenvalue weighted by molar-refractivity contribution is 5.67. The molecular formula is C16H19N5. The molecule has 108 valence electrons. The highest BCUT2D eigenvalue weighted by atomic mass is 15.1. The van der Waals surface area contributed by atoms with Gasteiger partial charge in [0.1, 0.15) is 11.5 Å². The van der Waals surface area contributed by atoms with Crippen LogP contribution < -0.4 is 5.73 Å². The van der Waals surface area contributed by atoms with Gasteiger partial charge in [-0.05, 0) is 19.4 Å². The summed E-state index contributed by atoms with van der Waals surface area (Å²) in [4.78, 5) is 8.69. The summed E-state index contributed by atoms with van der Waals surface area (Å²) in [7, 11) is 0. The zero-order chi connectivity index (χ0) is 14.8. The number of rotatable bonds is 4. The minimum absolute atomic E-state index is 0.321. The van der Waals surface area contributed by atoms with Crippen LogP contribution in [-0.4, -0.2) is 19.1 Å². The Morgan fingerprint density at radius 2 is 1.90 bits per heavy atom. The Kier molecular flexibility index (Phi) is 3.48. The van der Waals surface area contributed by atoms with Crippen LogP contribution in [0.1, 0.15) is 25.5 Å². The third-order valence-corrected chi connectivity index (χ3v) is 3.54. The number of benzene rings is 1. The number of imidazole rings is 2. The van der Waals surface area contributed by atoms with Gasteiger partial charge in [-0.2, -0.15) is 0 Å². The Labute approximate surface area is 124 Å². The maximum absolute atomic E-state index is 6.27. The van der Waals surface area contributed by atoms with Gasteiger partial charge in [-0.1, -0.05) is 30.3 Å². The molecule has 2 N–H and O–H groups in total. The van der Waals surface area contributed by atoms with E-state index in [1.54, 1.807) is 6.33 Å². The number of nitrogens with two attached hydrogens (primary N) is 1. The standard InChI is InChI=1S/C16H19N5/c1-12(2)21-10-18-8-14(21)15-16(17)20(11-19-15)9-13-6-4-3-5-7-13/h3-8,10-12H,9,17H2,1-2H3. The molecule has 5 heteroatoms. The fourth-order valence-electron chi connectivity index (χ4n) is 2.39. The minimum Gasteiger partial charge on any atom is -0.383 e. The molecule has 2 heterocycles. The molecule has 1 aromatic carbocycles. The van der Waals surface area contributed by atoms with Gasteiger partial charge in [0.15, 0.2) is 0 Å². The number of anilines is 1. The summed E-state index contributed by atoms with van der Waals surface area (Å²) in [5.41, 5.74) is 9.21. The summed E-state index contributed by atoms with van der Waals surface area (Å²) in [6, 6.07) is 10.5. The van der Waals surface area contributed by atoms with E-state index >= 15 is 0 Å². The number of nitrogen functional groups attached to an aromatic ring is 1. The summed E-state index contributed by atoms with van der Waals surface area (Å²) in [5, 5.41) is 0. The van der Waals surface area contributed by atoms with Gasteiger partial charge in [0.2, 0.25) is 0 Å². The Morgan fingerprint density at radius 3 is 2.62 bits per heavy atom. The zero-order valence-corrected chi connectivity index (χ0v) is 12.3. The Morgan fingerprint density at radius 1 is 1.14 bits per heavy atom. The SMILES string of the molecule is CC(C)n1cncc1-c1ncn(Cc2ccccc2)c1N. The van der Waals surface area contributed by atoms with Crippen molar-refractivity contribution in [2.24, 2.45) is 0 Å². The van der Waals surface area contributed by atoms with Gasteiger partial charge in [0, 0.05) is 6.04 Å². The van der Waals surface area contributed by atoms with Crippen LogP contribution in [0.4, 0.5) is 5.82 Å². The molecule has 0 aliphatic carbocycles. The zero-order valence-electron chi connectivity index (χ0n) is 12.3. The van der Waals surface area contributed by atoms with E-state index in [2.05, 4.69) is 40.5 Å². The molecule has 0 fully saturated rings. The van der Waals surface area contributed by atoms with E-state index in [0.717, 1.165) is 17.9 Å². The number of aromatic nitrogens is 4. The van der Waals surface area contributed by atoms with Crippen LogP contribution in [0.2, 0.25) is 0 Å². The van der Waals surface area contributed by atoms with Gasteiger partial charge in [-0.15, -0.1) is 0 Å². The van der Waals surface area contributed by atoms with Crippen molar-refractivity contribution in [3.05, 3.63) is 54.7 Å². The van der Waals surface area contributed by atoms with Crippen molar-refractivity contribution in [3.8, 4) is 11.4 Å². The molecule has 0 bridgehead atoms. The second-order valence-electron chi connectivity index (χ2n) is 5.37. The first-order valence-corrected chi connectivity index (χ1v) is 7.03. The lowest BCUT2D eigenvalue weighted by Gasteiger charge is -2.11. The van der Waals surface area contributed by atoms with Gasteiger partial charge in [-0.3, -0.25) is 0 Å². The molecule has 0 unspecified atom stereocenters. The first kappa shape index (κ1) is 13.4. The third-order valence-electron chi connectivity index (χ3n) is 3.54. The largest absolute Gasteiger partial charge is 0.383 e. The van der Waals surface area contributed by atoms with E-state index in [0.29, 0.717) is 11.9 Å². The number of hydrogen-bond donors (Lipinski definition) is 1. The minimum atomic E-state index is 0.321. The van der Waals surface area contributed by atoms with Crippen LogP contribution in [0, 0.1) is 0 Å². The van der Waals surface area contributed by atoms with E-state index in [9.17, 15) is 0 Å². The molecule has 3 rings (SSSR count). The lowest BCUT2D eigenvalue weighted by molar-refractivity contribution is 0.605. The van der Waals surface area contributed by atoms with E-state index in [-0.39, 0.29) is 0 Å². The van der Waals surface area contributed by atoms with E-state index in [4.69, 9.17) is 5.73 Å². The molecule has 5 nitrogen and oxygen atoms in total. The Balaban J connectivity index is 1.94. The quantitative estimate of drug-likeness (QED) is 0.799. The van der Waals surface area contributed by atoms with Crippen LogP contribution in [0.15, 0.2) is 49.2 Å². The first-order chi connectivity index (χ1) is 10.2. The summed E-state index contributed by atoms with van der Waals surface area (Å²) in [6.45, 7) is 4.94. The molecule has 0 aliphatic rings. The molecule has 0 amide bonds. The van der Waals surface area contributed by atoms with Gasteiger partial charge in [-0.25, -0.2) is 9.97 Å². The van der Waals surface area contributed by atoms with E-state index < -0.39 is 0 Å². The average Bonchev–Trinajstić information content (AvgIpc) is 3.08. The maximum atomic E-state index is 6.27. The van der Waals surface area contributed by atoms with Crippen molar-refractivity contribution in [3.63, 3.8) is 0 Å². The summed E-state index contributed by atoms with van der Waals surface area (Å²) >= 11 is 0. The molecule has 21 heavy (non-hydrogen) atoms. The Hall–Kier alpha value is -2.56. The first-order valence-electron chi connectivity index (χ1n) is 7.03. The summed E-state index contributed by atoms with van der Waals surface area (Å²) in [6.07, 6.45) is 5.41. The Bertz CT molecular complexity index is 724. The third kappa shape index (κ3) is 2.54. The molecule has 2 aromatic heterocycles. The van der Waals surface area contributed by atoms with E-state index in [1.807, 2.05) is 35.3 Å². The molecule has 3 aromatic rings. The fraction of sp³-hybridized carbons (Fsp3) is 0.250. The predicted octanol–water partition coefficient (Wildman–Crippen LogP) is 2.96. The van der Waals surface area contributed by atoms with Crippen molar-refractivity contribution < 1.29 is 0 Å². The van der Waals surface area contributed by atoms with Gasteiger partial charge < -0.3 is 14.9 Å². The predicted molar refractivity (Wildman–Crippen MR) is 83.8 cm³/mol. The topological polar surface area (TPSA) is 61.7 Å². The molecular weight excluding hydrogens is 262 g/mol. The number of hydrogen-bond acceptors (Lipinski definition) is 3. The normalized spacial score (nSPS) is 11.2. The van der Waals surface area contributed by atoms with E-state index in [1.165, 1.54) is 5.56 Å². The average molecular weight is 281 g/mol. The fourth-order valence-corrected chi connectivity index (χ4v) is 2.39. The van der Waals surface area contributed by atoms with Gasteiger partial charge >= 0.3 is 0 Å². The van der Waals surface area contributed by atoms with Gasteiger partial charge in [0.25, 0.3) is 0 Å². The molecule has 0 saturated heterocycles. The smallest absolute Gasteiger partial charge is 0.133 e. The van der Waals surface area contributed by atoms with Crippen molar-refractivity contribution in [1.29, 1.82) is 0 Å². The van der Waals surface area contributed by atoms with Crippen LogP contribution in [-0.2, 0) is 6.54 Å². The molecule has 0 atom stereocenters. The van der Waals surface area contributed by atoms with Crippen molar-refractivity contribution in [2.75, 3.05) is 5.73 Å². The molecule has 0 radical (unpaired) electrons. The van der Waals surface area contributed by atoms with Gasteiger partial charge in [0.05, 0.1) is 31.1 Å². The second-order valence-corrected chi connectivity index (χ2v) is 5.37. The van der Waals surface area contributed by atoms with Crippen molar-refractivity contribution in [1.82, 2.24) is 19.1 Å². The van der Waals surface area contributed by atoms with Crippen LogP contribution in [0.5, 0.6) is 0 Å². The second kappa shape index (κ2) is 5.44. The van der Waals surface area contributed by atoms with Crippen LogP contribution in [0.3, 0.4) is 0 Å². The summed E-state index contributed by atoms with van der Waals surface area (Å²) < 4.78 is 4.04. The van der Waals surface area contributed by atoms with Crippen molar-refractivity contribution in [2.45, 2.75) is 26.4 Å². The van der Waals surface area contributed by atoms with Crippen molar-refractivity contribution >= 4 is 5.82 Å². The summed E-state index contributed by atoms with van der Waals surface area (Å²) in [5.74, 6) is 0.668. The molecule has 0 saturated carbocycles. The molecule has 0 aliphatic heterocycles.